The van der Waals surface area contributed by atoms with Crippen molar-refractivity contribution in [3.05, 3.63) is 35.4 Å². The number of amides is 3. The number of hydrogen-bond acceptors (Lipinski definition) is 6. The summed E-state index contributed by atoms with van der Waals surface area (Å²) in [6.45, 7) is -0.704. The molecule has 0 fully saturated rings. The molecule has 0 unspecified atom stereocenters. The van der Waals surface area contributed by atoms with Crippen LogP contribution in [0.1, 0.15) is 22.3 Å². The molecule has 1 aromatic rings. The molecule has 3 amide bonds. The minimum atomic E-state index is -1.17. The number of rotatable bonds is 6. The van der Waals surface area contributed by atoms with E-state index in [1.54, 1.807) is 24.3 Å². The van der Waals surface area contributed by atoms with Crippen LogP contribution in [0.5, 0.6) is 0 Å². The second-order valence-electron chi connectivity index (χ2n) is 5.26. The largest absolute Gasteiger partial charge is 0.467 e. The van der Waals surface area contributed by atoms with E-state index in [4.69, 9.17) is 5.11 Å². The summed E-state index contributed by atoms with van der Waals surface area (Å²) in [4.78, 5) is 48.6. The van der Waals surface area contributed by atoms with Crippen molar-refractivity contribution in [2.75, 3.05) is 20.3 Å². The van der Waals surface area contributed by atoms with Crippen LogP contribution in [0, 0.1) is 0 Å². The maximum Gasteiger partial charge on any atom is 0.330 e. The number of carbonyl (C=O) groups is 4. The highest BCUT2D eigenvalue weighted by atomic mass is 16.5. The molecule has 8 heteroatoms. The number of nitrogens with one attached hydrogen (secondary N) is 1. The SMILES string of the molecule is COC(=O)[C@@H](CO)NC(=O)CCN1C(=O)Cc2ccccc2C1=O. The third-order valence-electron chi connectivity index (χ3n) is 3.70. The summed E-state index contributed by atoms with van der Waals surface area (Å²) >= 11 is 0. The summed E-state index contributed by atoms with van der Waals surface area (Å²) in [5.74, 6) is -2.16. The molecule has 2 N–H and O–H groups in total. The molecule has 0 radical (unpaired) electrons. The Labute approximate surface area is 138 Å². The Kier molecular flexibility index (Phi) is 5.64. The summed E-state index contributed by atoms with van der Waals surface area (Å²) in [5, 5.41) is 11.3. The molecule has 24 heavy (non-hydrogen) atoms. The molecule has 1 atom stereocenters. The van der Waals surface area contributed by atoms with E-state index in [9.17, 15) is 19.2 Å². The maximum atomic E-state index is 12.3. The number of aliphatic hydroxyl groups excluding tert-OH is 1. The van der Waals surface area contributed by atoms with Gasteiger partial charge in [-0.15, -0.1) is 0 Å². The van der Waals surface area contributed by atoms with Gasteiger partial charge in [0.05, 0.1) is 20.1 Å². The summed E-state index contributed by atoms with van der Waals surface area (Å²) < 4.78 is 4.44. The van der Waals surface area contributed by atoms with Crippen molar-refractivity contribution in [1.82, 2.24) is 10.2 Å². The van der Waals surface area contributed by atoms with Crippen LogP contribution < -0.4 is 5.32 Å². The zero-order chi connectivity index (χ0) is 17.7. The van der Waals surface area contributed by atoms with Crippen molar-refractivity contribution in [2.45, 2.75) is 18.9 Å². The van der Waals surface area contributed by atoms with Crippen LogP contribution >= 0.6 is 0 Å². The highest BCUT2D eigenvalue weighted by Gasteiger charge is 2.31. The minimum Gasteiger partial charge on any atom is -0.467 e. The zero-order valence-corrected chi connectivity index (χ0v) is 13.2. The first-order valence-electron chi connectivity index (χ1n) is 7.38. The molecule has 0 aliphatic carbocycles. The van der Waals surface area contributed by atoms with Gasteiger partial charge in [-0.3, -0.25) is 19.3 Å². The van der Waals surface area contributed by atoms with Crippen molar-refractivity contribution in [1.29, 1.82) is 0 Å². The number of methoxy groups -OCH3 is 1. The van der Waals surface area contributed by atoms with Crippen LogP contribution in [-0.2, 0) is 25.5 Å². The summed E-state index contributed by atoms with van der Waals surface area (Å²) in [6.07, 6.45) is -0.0713. The lowest BCUT2D eigenvalue weighted by Gasteiger charge is -2.26. The van der Waals surface area contributed by atoms with Crippen LogP contribution in [0.4, 0.5) is 0 Å². The summed E-state index contributed by atoms with van der Waals surface area (Å²) in [5.41, 5.74) is 1.11. The standard InChI is InChI=1S/C16H18N2O6/c1-24-16(23)12(9-19)17-13(20)6-7-18-14(21)8-10-4-2-3-5-11(10)15(18)22/h2-5,12,19H,6-9H2,1H3,(H,17,20)/t12-/m1/s1. The Bertz CT molecular complexity index is 672. The Morgan fingerprint density at radius 2 is 2.04 bits per heavy atom. The van der Waals surface area contributed by atoms with E-state index in [1.165, 1.54) is 0 Å². The van der Waals surface area contributed by atoms with E-state index in [0.717, 1.165) is 12.0 Å². The molecule has 0 aromatic heterocycles. The van der Waals surface area contributed by atoms with E-state index < -0.39 is 30.4 Å². The summed E-state index contributed by atoms with van der Waals surface area (Å²) in [7, 11) is 1.14. The predicted octanol–water partition coefficient (Wildman–Crippen LogP) is -0.748. The van der Waals surface area contributed by atoms with E-state index in [-0.39, 0.29) is 25.3 Å². The van der Waals surface area contributed by atoms with E-state index >= 15 is 0 Å². The topological polar surface area (TPSA) is 113 Å². The normalized spacial score (nSPS) is 14.8. The van der Waals surface area contributed by atoms with Crippen LogP contribution in [0.2, 0.25) is 0 Å². The van der Waals surface area contributed by atoms with E-state index in [1.807, 2.05) is 0 Å². The van der Waals surface area contributed by atoms with Gasteiger partial charge in [-0.25, -0.2) is 4.79 Å². The number of nitrogens with zero attached hydrogens (tertiary/aromatic N) is 1. The van der Waals surface area contributed by atoms with Crippen LogP contribution in [0.25, 0.3) is 0 Å². The Balaban J connectivity index is 1.97. The van der Waals surface area contributed by atoms with Gasteiger partial charge in [0.1, 0.15) is 0 Å². The highest BCUT2D eigenvalue weighted by molar-refractivity contribution is 6.09. The third-order valence-corrected chi connectivity index (χ3v) is 3.70. The lowest BCUT2D eigenvalue weighted by atomic mass is 9.98. The van der Waals surface area contributed by atoms with Crippen LogP contribution in [-0.4, -0.2) is 60.0 Å². The average molecular weight is 334 g/mol. The zero-order valence-electron chi connectivity index (χ0n) is 13.2. The highest BCUT2D eigenvalue weighted by Crippen LogP contribution is 2.19. The van der Waals surface area contributed by atoms with Gasteiger partial charge in [-0.1, -0.05) is 18.2 Å². The first-order valence-corrected chi connectivity index (χ1v) is 7.38. The fourth-order valence-electron chi connectivity index (χ4n) is 2.43. The van der Waals surface area contributed by atoms with E-state index in [2.05, 4.69) is 10.1 Å². The molecule has 1 aliphatic rings. The van der Waals surface area contributed by atoms with Gasteiger partial charge in [0.25, 0.3) is 5.91 Å². The molecule has 2 rings (SSSR count). The van der Waals surface area contributed by atoms with Crippen molar-refractivity contribution in [2.24, 2.45) is 0 Å². The van der Waals surface area contributed by atoms with Crippen LogP contribution in [0.3, 0.4) is 0 Å². The van der Waals surface area contributed by atoms with Gasteiger partial charge in [0.15, 0.2) is 6.04 Å². The van der Waals surface area contributed by atoms with Gasteiger partial charge in [-0.2, -0.15) is 0 Å². The fourth-order valence-corrected chi connectivity index (χ4v) is 2.43. The lowest BCUT2D eigenvalue weighted by Crippen LogP contribution is -2.47. The van der Waals surface area contributed by atoms with Gasteiger partial charge in [-0.05, 0) is 11.6 Å². The minimum absolute atomic E-state index is 0.100. The Morgan fingerprint density at radius 1 is 1.33 bits per heavy atom. The number of ether oxygens (including phenoxy) is 1. The molecule has 1 aromatic carbocycles. The Morgan fingerprint density at radius 3 is 2.71 bits per heavy atom. The van der Waals surface area contributed by atoms with Gasteiger partial charge >= 0.3 is 5.97 Å². The Hall–Kier alpha value is -2.74. The number of hydrogen-bond donors (Lipinski definition) is 2. The van der Waals surface area contributed by atoms with Gasteiger partial charge < -0.3 is 15.2 Å². The molecule has 0 saturated carbocycles. The van der Waals surface area contributed by atoms with Crippen LogP contribution in [0.15, 0.2) is 24.3 Å². The number of benzene rings is 1. The molecular formula is C16H18N2O6. The van der Waals surface area contributed by atoms with Gasteiger partial charge in [0.2, 0.25) is 11.8 Å². The smallest absolute Gasteiger partial charge is 0.330 e. The third kappa shape index (κ3) is 3.77. The quantitative estimate of drug-likeness (QED) is 0.523. The molecule has 1 heterocycles. The molecule has 128 valence electrons. The lowest BCUT2D eigenvalue weighted by molar-refractivity contribution is -0.146. The van der Waals surface area contributed by atoms with Crippen molar-refractivity contribution in [3.8, 4) is 0 Å². The molecule has 8 nitrogen and oxygen atoms in total. The number of carbonyl (C=O) groups excluding carboxylic acids is 4. The second-order valence-corrected chi connectivity index (χ2v) is 5.26. The monoisotopic (exact) mass is 334 g/mol. The average Bonchev–Trinajstić information content (AvgIpc) is 2.58. The second kappa shape index (κ2) is 7.69. The number of aliphatic hydroxyl groups is 1. The molecule has 1 aliphatic heterocycles. The number of fused-ring (bicyclic) bond motifs is 1. The first-order chi connectivity index (χ1) is 11.5. The van der Waals surface area contributed by atoms with Crippen molar-refractivity contribution in [3.63, 3.8) is 0 Å². The van der Waals surface area contributed by atoms with Crippen molar-refractivity contribution < 1.29 is 29.0 Å². The first kappa shape index (κ1) is 17.6. The number of imide groups is 1. The fraction of sp³-hybridized carbons (Fsp3) is 0.375. The molecular weight excluding hydrogens is 316 g/mol. The predicted molar refractivity (Wildman–Crippen MR) is 81.8 cm³/mol. The van der Waals surface area contributed by atoms with E-state index in [0.29, 0.717) is 11.1 Å². The van der Waals surface area contributed by atoms with Crippen molar-refractivity contribution >= 4 is 23.7 Å². The molecule has 0 spiro atoms. The summed E-state index contributed by atoms with van der Waals surface area (Å²) in [6, 6.07) is 5.65. The van der Waals surface area contributed by atoms with Gasteiger partial charge in [0, 0.05) is 18.5 Å². The maximum absolute atomic E-state index is 12.3. The molecule has 0 saturated heterocycles. The number of esters is 1. The molecule has 0 bridgehead atoms.